The van der Waals surface area contributed by atoms with Crippen LogP contribution in [0.15, 0.2) is 6.07 Å². The first-order valence-corrected chi connectivity index (χ1v) is 9.98. The quantitative estimate of drug-likeness (QED) is 0.762. The highest BCUT2D eigenvalue weighted by Gasteiger charge is 2.28. The molecule has 7 nitrogen and oxygen atoms in total. The standard InChI is InChI=1S/C21H32N4O3/c1-12(2)19-23-17-13(3)11-15(16(22)18(17)24-19)27-14-7-9-25(10-8-14)20(26)28-21(4,5)6/h11-12,14H,7-10,22H2,1-6H3,(H,23,24). The number of likely N-dealkylation sites (tertiary alicyclic amines) is 1. The molecule has 1 aromatic heterocycles. The predicted molar refractivity (Wildman–Crippen MR) is 111 cm³/mol. The molecule has 1 aliphatic heterocycles. The molecule has 0 unspecified atom stereocenters. The van der Waals surface area contributed by atoms with E-state index in [0.29, 0.717) is 30.4 Å². The van der Waals surface area contributed by atoms with Gasteiger partial charge in [0.2, 0.25) is 0 Å². The molecule has 2 heterocycles. The first-order chi connectivity index (χ1) is 13.0. The molecule has 7 heteroatoms. The minimum atomic E-state index is -0.481. The van der Waals surface area contributed by atoms with Crippen molar-refractivity contribution in [2.45, 2.75) is 72.0 Å². The monoisotopic (exact) mass is 388 g/mol. The van der Waals surface area contributed by atoms with Crippen LogP contribution < -0.4 is 10.5 Å². The SMILES string of the molecule is Cc1cc(OC2CCN(C(=O)OC(C)(C)C)CC2)c(N)c2[nH]c(C(C)C)nc12. The Balaban J connectivity index is 1.69. The van der Waals surface area contributed by atoms with Crippen molar-refractivity contribution >= 4 is 22.8 Å². The second-order valence-corrected chi connectivity index (χ2v) is 8.89. The zero-order valence-electron chi connectivity index (χ0n) is 17.8. The summed E-state index contributed by atoms with van der Waals surface area (Å²) in [5, 5.41) is 0. The zero-order valence-corrected chi connectivity index (χ0v) is 17.8. The summed E-state index contributed by atoms with van der Waals surface area (Å²) in [6, 6.07) is 1.96. The van der Waals surface area contributed by atoms with Gasteiger partial charge in [0.15, 0.2) is 0 Å². The smallest absolute Gasteiger partial charge is 0.410 e. The van der Waals surface area contributed by atoms with E-state index in [9.17, 15) is 4.79 Å². The molecule has 0 bridgehead atoms. The number of imidazole rings is 1. The second-order valence-electron chi connectivity index (χ2n) is 8.89. The lowest BCUT2D eigenvalue weighted by Crippen LogP contribution is -2.44. The van der Waals surface area contributed by atoms with Crippen LogP contribution in [0, 0.1) is 6.92 Å². The van der Waals surface area contributed by atoms with Gasteiger partial charge in [-0.1, -0.05) is 13.8 Å². The van der Waals surface area contributed by atoms with Crippen molar-refractivity contribution in [3.63, 3.8) is 0 Å². The summed E-state index contributed by atoms with van der Waals surface area (Å²) in [5.74, 6) is 1.90. The summed E-state index contributed by atoms with van der Waals surface area (Å²) in [6.45, 7) is 13.1. The molecule has 1 aliphatic rings. The number of aryl methyl sites for hydroxylation is 1. The molecule has 0 saturated carbocycles. The van der Waals surface area contributed by atoms with E-state index in [2.05, 4.69) is 23.8 Å². The van der Waals surface area contributed by atoms with Gasteiger partial charge in [-0.25, -0.2) is 9.78 Å². The summed E-state index contributed by atoms with van der Waals surface area (Å²) in [7, 11) is 0. The Bertz CT molecular complexity index is 859. The van der Waals surface area contributed by atoms with Gasteiger partial charge in [0.25, 0.3) is 0 Å². The number of carbonyl (C=O) groups excluding carboxylic acids is 1. The lowest BCUT2D eigenvalue weighted by Gasteiger charge is -2.33. The third-order valence-electron chi connectivity index (χ3n) is 4.91. The molecule has 3 N–H and O–H groups in total. The third-order valence-corrected chi connectivity index (χ3v) is 4.91. The summed E-state index contributed by atoms with van der Waals surface area (Å²) in [6.07, 6.45) is 1.25. The number of aromatic amines is 1. The van der Waals surface area contributed by atoms with Crippen LogP contribution in [0.2, 0.25) is 0 Å². The molecular weight excluding hydrogens is 356 g/mol. The van der Waals surface area contributed by atoms with Crippen molar-refractivity contribution < 1.29 is 14.3 Å². The maximum absolute atomic E-state index is 12.2. The maximum atomic E-state index is 12.2. The van der Waals surface area contributed by atoms with E-state index in [1.807, 2.05) is 33.8 Å². The molecule has 0 aliphatic carbocycles. The number of nitrogens with two attached hydrogens (primary N) is 1. The number of benzene rings is 1. The van der Waals surface area contributed by atoms with Gasteiger partial charge in [0.05, 0.1) is 11.0 Å². The van der Waals surface area contributed by atoms with Crippen molar-refractivity contribution in [3.8, 4) is 5.75 Å². The van der Waals surface area contributed by atoms with Gasteiger partial charge < -0.3 is 25.1 Å². The van der Waals surface area contributed by atoms with Gasteiger partial charge in [-0.3, -0.25) is 0 Å². The van der Waals surface area contributed by atoms with Crippen LogP contribution in [-0.2, 0) is 4.74 Å². The zero-order chi connectivity index (χ0) is 20.6. The van der Waals surface area contributed by atoms with Gasteiger partial charge in [0, 0.05) is 31.8 Å². The fourth-order valence-electron chi connectivity index (χ4n) is 3.37. The van der Waals surface area contributed by atoms with Crippen molar-refractivity contribution in [2.75, 3.05) is 18.8 Å². The van der Waals surface area contributed by atoms with Crippen LogP contribution >= 0.6 is 0 Å². The molecule has 28 heavy (non-hydrogen) atoms. The summed E-state index contributed by atoms with van der Waals surface area (Å²) < 4.78 is 11.7. The fraction of sp³-hybridized carbons (Fsp3) is 0.619. The fourth-order valence-corrected chi connectivity index (χ4v) is 3.37. The molecule has 2 aromatic rings. The van der Waals surface area contributed by atoms with Crippen molar-refractivity contribution in [1.82, 2.24) is 14.9 Å². The van der Waals surface area contributed by atoms with Crippen LogP contribution in [0.25, 0.3) is 11.0 Å². The molecule has 1 saturated heterocycles. The number of nitrogen functional groups attached to an aromatic ring is 1. The number of rotatable bonds is 3. The second kappa shape index (κ2) is 7.53. The van der Waals surface area contributed by atoms with Gasteiger partial charge in [0.1, 0.15) is 29.0 Å². The number of hydrogen-bond acceptors (Lipinski definition) is 5. The Morgan fingerprint density at radius 2 is 1.96 bits per heavy atom. The largest absolute Gasteiger partial charge is 0.488 e. The van der Waals surface area contributed by atoms with Gasteiger partial charge in [-0.15, -0.1) is 0 Å². The minimum absolute atomic E-state index is 0.0188. The maximum Gasteiger partial charge on any atom is 0.410 e. The molecular formula is C21H32N4O3. The predicted octanol–water partition coefficient (Wildman–Crippen LogP) is 4.36. The van der Waals surface area contributed by atoms with Crippen LogP contribution in [0.1, 0.15) is 64.8 Å². The molecule has 1 aromatic carbocycles. The van der Waals surface area contributed by atoms with Crippen LogP contribution in [0.5, 0.6) is 5.75 Å². The number of nitrogens with one attached hydrogen (secondary N) is 1. The van der Waals surface area contributed by atoms with E-state index >= 15 is 0 Å². The van der Waals surface area contributed by atoms with Gasteiger partial charge in [-0.05, 0) is 39.3 Å². The average molecular weight is 389 g/mol. The lowest BCUT2D eigenvalue weighted by molar-refractivity contribution is 0.0127. The van der Waals surface area contributed by atoms with Crippen molar-refractivity contribution in [1.29, 1.82) is 0 Å². The van der Waals surface area contributed by atoms with E-state index in [1.54, 1.807) is 4.90 Å². The van der Waals surface area contributed by atoms with Crippen LogP contribution in [0.4, 0.5) is 10.5 Å². The Morgan fingerprint density at radius 3 is 2.54 bits per heavy atom. The topological polar surface area (TPSA) is 93.5 Å². The molecule has 0 spiro atoms. The number of anilines is 1. The van der Waals surface area contributed by atoms with E-state index in [0.717, 1.165) is 35.3 Å². The highest BCUT2D eigenvalue weighted by Crippen LogP contribution is 2.34. The van der Waals surface area contributed by atoms with Crippen LogP contribution in [-0.4, -0.2) is 45.8 Å². The molecule has 3 rings (SSSR count). The number of ether oxygens (including phenoxy) is 2. The highest BCUT2D eigenvalue weighted by molar-refractivity contribution is 5.93. The first-order valence-electron chi connectivity index (χ1n) is 9.98. The molecule has 1 fully saturated rings. The molecule has 0 atom stereocenters. The van der Waals surface area contributed by atoms with Crippen LogP contribution in [0.3, 0.4) is 0 Å². The molecule has 1 amide bonds. The third kappa shape index (κ3) is 4.34. The van der Waals surface area contributed by atoms with E-state index < -0.39 is 5.60 Å². The highest BCUT2D eigenvalue weighted by atomic mass is 16.6. The van der Waals surface area contributed by atoms with E-state index in [-0.39, 0.29) is 12.2 Å². The Kier molecular flexibility index (Phi) is 5.46. The number of aromatic nitrogens is 2. The first kappa shape index (κ1) is 20.3. The summed E-state index contributed by atoms with van der Waals surface area (Å²) in [4.78, 5) is 22.0. The molecule has 154 valence electrons. The Hall–Kier alpha value is -2.44. The summed E-state index contributed by atoms with van der Waals surface area (Å²) in [5.41, 5.74) is 9.26. The minimum Gasteiger partial charge on any atom is -0.488 e. The van der Waals surface area contributed by atoms with Gasteiger partial charge >= 0.3 is 6.09 Å². The number of H-pyrrole nitrogens is 1. The normalized spacial score (nSPS) is 16.0. The van der Waals surface area contributed by atoms with E-state index in [4.69, 9.17) is 15.2 Å². The number of carbonyl (C=O) groups is 1. The van der Waals surface area contributed by atoms with E-state index in [1.165, 1.54) is 0 Å². The van der Waals surface area contributed by atoms with Crippen molar-refractivity contribution in [2.24, 2.45) is 0 Å². The molecule has 0 radical (unpaired) electrons. The van der Waals surface area contributed by atoms with Crippen molar-refractivity contribution in [3.05, 3.63) is 17.5 Å². The van der Waals surface area contributed by atoms with Gasteiger partial charge in [-0.2, -0.15) is 0 Å². The summed E-state index contributed by atoms with van der Waals surface area (Å²) >= 11 is 0. The Labute approximate surface area is 166 Å². The number of nitrogens with zero attached hydrogens (tertiary/aromatic N) is 2. The number of hydrogen-bond donors (Lipinski definition) is 2. The lowest BCUT2D eigenvalue weighted by atomic mass is 10.1. The Morgan fingerprint density at radius 1 is 1.32 bits per heavy atom. The average Bonchev–Trinajstić information content (AvgIpc) is 3.05. The number of amides is 1. The number of piperidine rings is 1. The number of fused-ring (bicyclic) bond motifs is 1.